The molecular formula is C14H17NO5S. The van der Waals surface area contributed by atoms with Crippen molar-refractivity contribution in [3.05, 3.63) is 29.8 Å². The average molecular weight is 311 g/mol. The Hall–Kier alpha value is -1.89. The molecule has 114 valence electrons. The second-order valence-corrected chi connectivity index (χ2v) is 7.07. The molecular weight excluding hydrogens is 294 g/mol. The minimum atomic E-state index is -3.31. The number of nitrogens with zero attached hydrogens (tertiary/aromatic N) is 1. The van der Waals surface area contributed by atoms with Gasteiger partial charge < -0.3 is 9.94 Å². The standard InChI is InChI=1S/C14H17NO5S/c1-21(18,19)12-8-6-10(7-9-12)13(14(16)17)15-20-11-4-2-3-5-11/h6-9,11H,2-5H2,1H3,(H,16,17). The third-order valence-corrected chi connectivity index (χ3v) is 4.48. The second-order valence-electron chi connectivity index (χ2n) is 5.05. The van der Waals surface area contributed by atoms with Crippen molar-refractivity contribution in [3.63, 3.8) is 0 Å². The zero-order valence-corrected chi connectivity index (χ0v) is 12.5. The Bertz CT molecular complexity index is 642. The summed E-state index contributed by atoms with van der Waals surface area (Å²) in [6.07, 6.45) is 4.94. The molecule has 1 saturated carbocycles. The maximum absolute atomic E-state index is 11.4. The summed E-state index contributed by atoms with van der Waals surface area (Å²) in [5, 5.41) is 12.9. The van der Waals surface area contributed by atoms with Gasteiger partial charge in [0.15, 0.2) is 15.5 Å². The predicted molar refractivity (Wildman–Crippen MR) is 77.1 cm³/mol. The lowest BCUT2D eigenvalue weighted by molar-refractivity contribution is -0.129. The molecule has 1 aromatic rings. The zero-order chi connectivity index (χ0) is 15.5. The number of aliphatic carboxylic acids is 1. The summed E-state index contributed by atoms with van der Waals surface area (Å²) < 4.78 is 22.8. The molecule has 0 aliphatic heterocycles. The van der Waals surface area contributed by atoms with Gasteiger partial charge in [-0.1, -0.05) is 17.3 Å². The molecule has 2 rings (SSSR count). The predicted octanol–water partition coefficient (Wildman–Crippen LogP) is 1.84. The van der Waals surface area contributed by atoms with E-state index >= 15 is 0 Å². The highest BCUT2D eigenvalue weighted by Crippen LogP contribution is 2.21. The molecule has 0 aromatic heterocycles. The first kappa shape index (κ1) is 15.5. The van der Waals surface area contributed by atoms with E-state index in [-0.39, 0.29) is 16.7 Å². The van der Waals surface area contributed by atoms with Gasteiger partial charge in [0.25, 0.3) is 0 Å². The lowest BCUT2D eigenvalue weighted by atomic mass is 10.1. The van der Waals surface area contributed by atoms with Crippen LogP contribution in [0.15, 0.2) is 34.3 Å². The summed E-state index contributed by atoms with van der Waals surface area (Å²) in [6, 6.07) is 5.56. The molecule has 21 heavy (non-hydrogen) atoms. The van der Waals surface area contributed by atoms with Crippen molar-refractivity contribution in [2.75, 3.05) is 6.26 Å². The van der Waals surface area contributed by atoms with Gasteiger partial charge in [-0.15, -0.1) is 0 Å². The van der Waals surface area contributed by atoms with Crippen molar-refractivity contribution in [1.29, 1.82) is 0 Å². The summed E-state index contributed by atoms with van der Waals surface area (Å²) in [7, 11) is -3.31. The SMILES string of the molecule is CS(=O)(=O)c1ccc(C(=NOC2CCCC2)C(=O)O)cc1. The minimum Gasteiger partial charge on any atom is -0.476 e. The van der Waals surface area contributed by atoms with E-state index in [1.54, 1.807) is 0 Å². The number of sulfone groups is 1. The fourth-order valence-corrected chi connectivity index (χ4v) is 2.83. The summed E-state index contributed by atoms with van der Waals surface area (Å²) in [4.78, 5) is 16.7. The van der Waals surface area contributed by atoms with Crippen molar-refractivity contribution in [2.24, 2.45) is 5.16 Å². The first-order chi connectivity index (χ1) is 9.88. The molecule has 0 atom stereocenters. The molecule has 0 spiro atoms. The highest BCUT2D eigenvalue weighted by molar-refractivity contribution is 7.90. The molecule has 0 bridgehead atoms. The van der Waals surface area contributed by atoms with Crippen molar-refractivity contribution in [2.45, 2.75) is 36.7 Å². The van der Waals surface area contributed by atoms with E-state index in [0.717, 1.165) is 31.9 Å². The summed E-state index contributed by atoms with van der Waals surface area (Å²) in [6.45, 7) is 0. The van der Waals surface area contributed by atoms with E-state index in [1.165, 1.54) is 24.3 Å². The number of rotatable bonds is 5. The quantitative estimate of drug-likeness (QED) is 0.661. The van der Waals surface area contributed by atoms with Gasteiger partial charge in [-0.3, -0.25) is 0 Å². The molecule has 0 heterocycles. The van der Waals surface area contributed by atoms with Gasteiger partial charge in [0.2, 0.25) is 0 Å². The van der Waals surface area contributed by atoms with Crippen LogP contribution in [0.4, 0.5) is 0 Å². The van der Waals surface area contributed by atoms with Crippen LogP contribution in [0.2, 0.25) is 0 Å². The van der Waals surface area contributed by atoms with Crippen molar-refractivity contribution >= 4 is 21.5 Å². The molecule has 0 amide bonds. The summed E-state index contributed by atoms with van der Waals surface area (Å²) >= 11 is 0. The highest BCUT2D eigenvalue weighted by Gasteiger charge is 2.19. The molecule has 1 aromatic carbocycles. The summed E-state index contributed by atoms with van der Waals surface area (Å²) in [5.41, 5.74) is 0.0925. The first-order valence-electron chi connectivity index (χ1n) is 6.65. The molecule has 1 N–H and O–H groups in total. The minimum absolute atomic E-state index is 0.0327. The number of carboxylic acids is 1. The van der Waals surface area contributed by atoms with Crippen LogP contribution in [-0.2, 0) is 19.5 Å². The summed E-state index contributed by atoms with van der Waals surface area (Å²) in [5.74, 6) is -1.21. The third-order valence-electron chi connectivity index (χ3n) is 3.35. The monoisotopic (exact) mass is 311 g/mol. The zero-order valence-electron chi connectivity index (χ0n) is 11.7. The Morgan fingerprint density at radius 3 is 2.29 bits per heavy atom. The van der Waals surface area contributed by atoms with Crippen molar-refractivity contribution in [3.8, 4) is 0 Å². The number of oxime groups is 1. The van der Waals surface area contributed by atoms with Crippen LogP contribution in [0.5, 0.6) is 0 Å². The molecule has 0 radical (unpaired) electrons. The van der Waals surface area contributed by atoms with Gasteiger partial charge in [0, 0.05) is 11.8 Å². The third kappa shape index (κ3) is 4.04. The maximum atomic E-state index is 11.4. The van der Waals surface area contributed by atoms with Crippen LogP contribution in [0, 0.1) is 0 Å². The lowest BCUT2D eigenvalue weighted by Gasteiger charge is -2.08. The van der Waals surface area contributed by atoms with E-state index in [9.17, 15) is 18.3 Å². The van der Waals surface area contributed by atoms with Crippen LogP contribution < -0.4 is 0 Å². The van der Waals surface area contributed by atoms with Crippen molar-refractivity contribution < 1.29 is 23.2 Å². The molecule has 7 heteroatoms. The van der Waals surface area contributed by atoms with Crippen molar-refractivity contribution in [1.82, 2.24) is 0 Å². The highest BCUT2D eigenvalue weighted by atomic mass is 32.2. The van der Waals surface area contributed by atoms with Crippen LogP contribution in [0.1, 0.15) is 31.2 Å². The second kappa shape index (κ2) is 6.26. The Labute approximate surface area is 123 Å². The fourth-order valence-electron chi connectivity index (χ4n) is 2.20. The number of hydrogen-bond donors (Lipinski definition) is 1. The number of carbonyl (C=O) groups is 1. The van der Waals surface area contributed by atoms with Gasteiger partial charge in [-0.05, 0) is 37.8 Å². The van der Waals surface area contributed by atoms with E-state index < -0.39 is 15.8 Å². The Kier molecular flexibility index (Phi) is 4.62. The van der Waals surface area contributed by atoms with E-state index in [1.807, 2.05) is 0 Å². The molecule has 0 unspecified atom stereocenters. The molecule has 1 fully saturated rings. The van der Waals surface area contributed by atoms with Gasteiger partial charge >= 0.3 is 5.97 Å². The molecule has 6 nitrogen and oxygen atoms in total. The van der Waals surface area contributed by atoms with Crippen LogP contribution in [0.25, 0.3) is 0 Å². The van der Waals surface area contributed by atoms with Crippen LogP contribution in [0.3, 0.4) is 0 Å². The Balaban J connectivity index is 2.21. The largest absolute Gasteiger partial charge is 0.476 e. The van der Waals surface area contributed by atoms with Gasteiger partial charge in [-0.2, -0.15) is 0 Å². The lowest BCUT2D eigenvalue weighted by Crippen LogP contribution is -2.17. The maximum Gasteiger partial charge on any atom is 0.358 e. The van der Waals surface area contributed by atoms with Gasteiger partial charge in [-0.25, -0.2) is 13.2 Å². The van der Waals surface area contributed by atoms with E-state index in [2.05, 4.69) is 5.16 Å². The van der Waals surface area contributed by atoms with Crippen LogP contribution >= 0.6 is 0 Å². The number of carboxylic acid groups (broad SMARTS) is 1. The van der Waals surface area contributed by atoms with Crippen LogP contribution in [-0.4, -0.2) is 37.6 Å². The number of benzene rings is 1. The first-order valence-corrected chi connectivity index (χ1v) is 8.54. The van der Waals surface area contributed by atoms with E-state index in [0.29, 0.717) is 5.56 Å². The molecule has 1 aliphatic rings. The Morgan fingerprint density at radius 2 is 1.81 bits per heavy atom. The molecule has 0 saturated heterocycles. The normalized spacial score (nSPS) is 16.9. The Morgan fingerprint density at radius 1 is 1.24 bits per heavy atom. The fraction of sp³-hybridized carbons (Fsp3) is 0.429. The average Bonchev–Trinajstić information content (AvgIpc) is 2.91. The topological polar surface area (TPSA) is 93.0 Å². The smallest absolute Gasteiger partial charge is 0.358 e. The van der Waals surface area contributed by atoms with Gasteiger partial charge in [0.1, 0.15) is 6.10 Å². The molecule has 1 aliphatic carbocycles. The van der Waals surface area contributed by atoms with Gasteiger partial charge in [0.05, 0.1) is 4.90 Å². The number of hydrogen-bond acceptors (Lipinski definition) is 5. The van der Waals surface area contributed by atoms with E-state index in [4.69, 9.17) is 4.84 Å².